The number of benzene rings is 1. The third-order valence-corrected chi connectivity index (χ3v) is 3.25. The minimum absolute atomic E-state index is 0.0706. The molecule has 0 radical (unpaired) electrons. The Hall–Kier alpha value is -1.55. The third kappa shape index (κ3) is 2.42. The summed E-state index contributed by atoms with van der Waals surface area (Å²) in [6.07, 6.45) is 0.934. The maximum Gasteiger partial charge on any atom is 0.254 e. The number of nitrogens with zero attached hydrogens (tertiary/aromatic N) is 1. The Morgan fingerprint density at radius 1 is 1.53 bits per heavy atom. The number of aromatic hydroxyl groups is 1. The van der Waals surface area contributed by atoms with E-state index in [2.05, 4.69) is 0 Å². The number of carbonyl (C=O) groups is 1. The summed E-state index contributed by atoms with van der Waals surface area (Å²) < 4.78 is 5.45. The van der Waals surface area contributed by atoms with Crippen molar-refractivity contribution in [1.82, 2.24) is 4.90 Å². The fourth-order valence-corrected chi connectivity index (χ4v) is 2.22. The number of carbonyl (C=O) groups excluding carboxylic acids is 1. The lowest BCUT2D eigenvalue weighted by Crippen LogP contribution is -2.40. The molecule has 0 bridgehead atoms. The van der Waals surface area contributed by atoms with Gasteiger partial charge >= 0.3 is 0 Å². The molecule has 1 heterocycles. The van der Waals surface area contributed by atoms with Crippen molar-refractivity contribution in [2.45, 2.75) is 25.5 Å². The second kappa shape index (κ2) is 4.75. The molecular formula is C13H17NO3. The molecule has 92 valence electrons. The predicted molar refractivity (Wildman–Crippen MR) is 64.0 cm³/mol. The molecular weight excluding hydrogens is 218 g/mol. The molecule has 1 fully saturated rings. The number of likely N-dealkylation sites (N-methyl/N-ethyl adjacent to an activating group) is 1. The van der Waals surface area contributed by atoms with E-state index in [0.717, 1.165) is 6.42 Å². The van der Waals surface area contributed by atoms with Crippen molar-refractivity contribution in [3.05, 3.63) is 29.8 Å². The predicted octanol–water partition coefficient (Wildman–Crippen LogP) is 1.64. The van der Waals surface area contributed by atoms with E-state index in [0.29, 0.717) is 12.2 Å². The molecule has 1 aromatic carbocycles. The number of ether oxygens (including phenoxy) is 1. The van der Waals surface area contributed by atoms with Crippen LogP contribution in [-0.2, 0) is 4.74 Å². The highest BCUT2D eigenvalue weighted by atomic mass is 16.5. The van der Waals surface area contributed by atoms with Crippen molar-refractivity contribution in [2.75, 3.05) is 13.7 Å². The first-order valence-corrected chi connectivity index (χ1v) is 5.77. The largest absolute Gasteiger partial charge is 0.508 e. The van der Waals surface area contributed by atoms with Gasteiger partial charge in [0.25, 0.3) is 5.91 Å². The van der Waals surface area contributed by atoms with Gasteiger partial charge in [-0.15, -0.1) is 0 Å². The maximum atomic E-state index is 12.2. The van der Waals surface area contributed by atoms with Crippen LogP contribution in [0, 0.1) is 0 Å². The zero-order valence-electron chi connectivity index (χ0n) is 10.1. The van der Waals surface area contributed by atoms with Crippen LogP contribution in [0.15, 0.2) is 24.3 Å². The Balaban J connectivity index is 2.14. The average Bonchev–Trinajstić information content (AvgIpc) is 2.73. The molecule has 1 amide bonds. The molecule has 1 aliphatic heterocycles. The van der Waals surface area contributed by atoms with Crippen molar-refractivity contribution in [2.24, 2.45) is 0 Å². The van der Waals surface area contributed by atoms with E-state index in [-0.39, 0.29) is 23.8 Å². The van der Waals surface area contributed by atoms with Gasteiger partial charge < -0.3 is 14.7 Å². The highest BCUT2D eigenvalue weighted by Gasteiger charge is 2.30. The molecule has 4 heteroatoms. The molecule has 0 aromatic heterocycles. The molecule has 1 aliphatic rings. The molecule has 0 aliphatic carbocycles. The second-order valence-electron chi connectivity index (χ2n) is 4.40. The SMILES string of the molecule is CC1OCCC1N(C)C(=O)c1cccc(O)c1. The van der Waals surface area contributed by atoms with Crippen LogP contribution in [0.25, 0.3) is 0 Å². The monoisotopic (exact) mass is 235 g/mol. The lowest BCUT2D eigenvalue weighted by Gasteiger charge is -2.26. The van der Waals surface area contributed by atoms with Crippen LogP contribution in [0.1, 0.15) is 23.7 Å². The maximum absolute atomic E-state index is 12.2. The van der Waals surface area contributed by atoms with E-state index in [1.165, 1.54) is 6.07 Å². The van der Waals surface area contributed by atoms with Gasteiger partial charge in [0.15, 0.2) is 0 Å². The summed E-state index contributed by atoms with van der Waals surface area (Å²) in [4.78, 5) is 13.9. The van der Waals surface area contributed by atoms with Gasteiger partial charge in [-0.25, -0.2) is 0 Å². The normalized spacial score (nSPS) is 23.6. The first-order chi connectivity index (χ1) is 8.09. The Morgan fingerprint density at radius 2 is 2.29 bits per heavy atom. The van der Waals surface area contributed by atoms with Crippen LogP contribution in [0.3, 0.4) is 0 Å². The lowest BCUT2D eigenvalue weighted by molar-refractivity contribution is 0.0574. The summed E-state index contributed by atoms with van der Waals surface area (Å²) in [5.74, 6) is 0.0308. The van der Waals surface area contributed by atoms with Gasteiger partial charge in [0, 0.05) is 19.2 Å². The summed E-state index contributed by atoms with van der Waals surface area (Å²) >= 11 is 0. The summed E-state index contributed by atoms with van der Waals surface area (Å²) in [6.45, 7) is 2.67. The minimum Gasteiger partial charge on any atom is -0.508 e. The molecule has 0 spiro atoms. The van der Waals surface area contributed by atoms with Gasteiger partial charge in [0.05, 0.1) is 12.1 Å². The van der Waals surface area contributed by atoms with Gasteiger partial charge in [0.1, 0.15) is 5.75 Å². The standard InChI is InChI=1S/C13H17NO3/c1-9-12(6-7-17-9)14(2)13(16)10-4-3-5-11(15)8-10/h3-5,8-9,12,15H,6-7H2,1-2H3. The number of hydrogen-bond donors (Lipinski definition) is 1. The van der Waals surface area contributed by atoms with E-state index in [9.17, 15) is 9.90 Å². The molecule has 1 N–H and O–H groups in total. The van der Waals surface area contributed by atoms with Gasteiger partial charge in [-0.1, -0.05) is 6.07 Å². The number of rotatable bonds is 2. The highest BCUT2D eigenvalue weighted by Crippen LogP contribution is 2.21. The number of hydrogen-bond acceptors (Lipinski definition) is 3. The van der Waals surface area contributed by atoms with E-state index < -0.39 is 0 Å². The molecule has 1 aromatic rings. The topological polar surface area (TPSA) is 49.8 Å². The van der Waals surface area contributed by atoms with Crippen LogP contribution in [-0.4, -0.2) is 41.7 Å². The van der Waals surface area contributed by atoms with E-state index in [1.54, 1.807) is 30.1 Å². The first-order valence-electron chi connectivity index (χ1n) is 5.77. The zero-order chi connectivity index (χ0) is 12.4. The summed E-state index contributed by atoms with van der Waals surface area (Å²) in [5.41, 5.74) is 0.506. The third-order valence-electron chi connectivity index (χ3n) is 3.25. The molecule has 0 saturated carbocycles. The van der Waals surface area contributed by atoms with Crippen molar-refractivity contribution >= 4 is 5.91 Å². The molecule has 4 nitrogen and oxygen atoms in total. The van der Waals surface area contributed by atoms with Crippen LogP contribution in [0.2, 0.25) is 0 Å². The second-order valence-corrected chi connectivity index (χ2v) is 4.40. The van der Waals surface area contributed by atoms with Crippen LogP contribution in [0.4, 0.5) is 0 Å². The van der Waals surface area contributed by atoms with E-state index in [4.69, 9.17) is 4.74 Å². The van der Waals surface area contributed by atoms with Crippen LogP contribution in [0.5, 0.6) is 5.75 Å². The van der Waals surface area contributed by atoms with E-state index in [1.807, 2.05) is 6.92 Å². The Morgan fingerprint density at radius 3 is 2.88 bits per heavy atom. The number of phenols is 1. The van der Waals surface area contributed by atoms with Crippen LogP contribution < -0.4 is 0 Å². The van der Waals surface area contributed by atoms with Crippen molar-refractivity contribution < 1.29 is 14.6 Å². The summed E-state index contributed by atoms with van der Waals surface area (Å²) in [6, 6.07) is 6.53. The fraction of sp³-hybridized carbons (Fsp3) is 0.462. The van der Waals surface area contributed by atoms with Crippen molar-refractivity contribution in [3.63, 3.8) is 0 Å². The molecule has 2 unspecified atom stereocenters. The lowest BCUT2D eigenvalue weighted by atomic mass is 10.1. The van der Waals surface area contributed by atoms with Crippen LogP contribution >= 0.6 is 0 Å². The minimum atomic E-state index is -0.0803. The van der Waals surface area contributed by atoms with E-state index >= 15 is 0 Å². The Bertz CT molecular complexity index is 419. The van der Waals surface area contributed by atoms with Gasteiger partial charge in [-0.3, -0.25) is 4.79 Å². The van der Waals surface area contributed by atoms with Gasteiger partial charge in [0.2, 0.25) is 0 Å². The molecule has 1 saturated heterocycles. The highest BCUT2D eigenvalue weighted by molar-refractivity contribution is 5.94. The number of phenolic OH excluding ortho intramolecular Hbond substituents is 1. The average molecular weight is 235 g/mol. The fourth-order valence-electron chi connectivity index (χ4n) is 2.22. The molecule has 2 rings (SSSR count). The number of amides is 1. The summed E-state index contributed by atoms with van der Waals surface area (Å²) in [7, 11) is 1.78. The molecule has 2 atom stereocenters. The Labute approximate surface area is 101 Å². The van der Waals surface area contributed by atoms with Crippen molar-refractivity contribution in [3.8, 4) is 5.75 Å². The Kier molecular flexibility index (Phi) is 3.33. The quantitative estimate of drug-likeness (QED) is 0.847. The zero-order valence-corrected chi connectivity index (χ0v) is 10.1. The van der Waals surface area contributed by atoms with Gasteiger partial charge in [-0.2, -0.15) is 0 Å². The van der Waals surface area contributed by atoms with Gasteiger partial charge in [-0.05, 0) is 31.5 Å². The molecule has 17 heavy (non-hydrogen) atoms. The summed E-state index contributed by atoms with van der Waals surface area (Å²) in [5, 5.41) is 9.37. The van der Waals surface area contributed by atoms with Crippen molar-refractivity contribution in [1.29, 1.82) is 0 Å². The smallest absolute Gasteiger partial charge is 0.254 e. The first kappa shape index (κ1) is 11.9.